The number of benzene rings is 2. The fourth-order valence-electron chi connectivity index (χ4n) is 5.10. The summed E-state index contributed by atoms with van der Waals surface area (Å²) in [6, 6.07) is 20.0. The first kappa shape index (κ1) is 48.9. The van der Waals surface area contributed by atoms with Crippen LogP contribution in [0.15, 0.2) is 73.3 Å². The summed E-state index contributed by atoms with van der Waals surface area (Å²) in [7, 11) is 0. The molecule has 2 rings (SSSR count). The Balaban J connectivity index is 1.98. The van der Waals surface area contributed by atoms with E-state index in [0.717, 1.165) is 49.7 Å². The number of rotatable bonds is 39. The molecule has 0 fully saturated rings. The maximum absolute atomic E-state index is 9.76. The van der Waals surface area contributed by atoms with E-state index in [1.807, 2.05) is 60.7 Å². The number of hydrogen-bond acceptors (Lipinski definition) is 11. The quantitative estimate of drug-likeness (QED) is 0.0561. The highest BCUT2D eigenvalue weighted by Gasteiger charge is 2.19. The van der Waals surface area contributed by atoms with Crippen LogP contribution in [0, 0.1) is 0 Å². The van der Waals surface area contributed by atoms with E-state index in [4.69, 9.17) is 47.4 Å². The Hall–Kier alpha value is -2.26. The van der Waals surface area contributed by atoms with E-state index in [0.29, 0.717) is 72.7 Å². The molecule has 0 saturated heterocycles. The molecule has 0 heterocycles. The minimum Gasteiger partial charge on any atom is -0.394 e. The number of aliphatic hydroxyl groups excluding tert-OH is 1. The van der Waals surface area contributed by atoms with Crippen LogP contribution >= 0.6 is 0 Å². The van der Waals surface area contributed by atoms with Crippen molar-refractivity contribution < 1.29 is 52.5 Å². The topological polar surface area (TPSA) is 113 Å². The van der Waals surface area contributed by atoms with Crippen LogP contribution in [0.2, 0.25) is 0 Å². The second kappa shape index (κ2) is 34.9. The fraction of sp³-hybridized carbons (Fsp3) is 0.682. The monoisotopic (exact) mass is 777 g/mol. The first-order valence-corrected chi connectivity index (χ1v) is 20.4. The molecule has 0 radical (unpaired) electrons. The second-order valence-corrected chi connectivity index (χ2v) is 13.5. The Morgan fingerprint density at radius 3 is 1.15 bits per heavy atom. The molecule has 1 N–H and O–H groups in total. The zero-order valence-corrected chi connectivity index (χ0v) is 34.0. The van der Waals surface area contributed by atoms with Crippen LogP contribution < -0.4 is 0 Å². The van der Waals surface area contributed by atoms with Gasteiger partial charge in [0.2, 0.25) is 0 Å². The first-order chi connectivity index (χ1) is 27.1. The Morgan fingerprint density at radius 1 is 0.473 bits per heavy atom. The van der Waals surface area contributed by atoms with Crippen molar-refractivity contribution in [2.45, 2.75) is 103 Å². The number of hydrogen-bond donors (Lipinski definition) is 1. The van der Waals surface area contributed by atoms with Gasteiger partial charge in [-0.1, -0.05) is 107 Å². The normalized spacial score (nSPS) is 14.4. The molecule has 5 unspecified atom stereocenters. The van der Waals surface area contributed by atoms with Gasteiger partial charge in [-0.05, 0) is 30.4 Å². The molecule has 11 nitrogen and oxygen atoms in total. The molecular formula is C44H72O11. The smallest absolute Gasteiger partial charge is 0.105 e. The van der Waals surface area contributed by atoms with E-state index in [1.165, 1.54) is 0 Å². The van der Waals surface area contributed by atoms with E-state index in [1.54, 1.807) is 6.08 Å². The molecule has 2 aromatic rings. The third-order valence-corrected chi connectivity index (χ3v) is 8.38. The average Bonchev–Trinajstić information content (AvgIpc) is 3.21. The van der Waals surface area contributed by atoms with E-state index in [9.17, 15) is 5.11 Å². The van der Waals surface area contributed by atoms with Gasteiger partial charge in [0.25, 0.3) is 0 Å². The van der Waals surface area contributed by atoms with Gasteiger partial charge in [0, 0.05) is 19.8 Å². The highest BCUT2D eigenvalue weighted by molar-refractivity contribution is 5.14. The minimum atomic E-state index is -0.382. The number of aliphatic hydroxyl groups is 1. The second-order valence-electron chi connectivity index (χ2n) is 13.5. The van der Waals surface area contributed by atoms with Crippen LogP contribution in [-0.2, 0) is 60.6 Å². The van der Waals surface area contributed by atoms with Crippen molar-refractivity contribution >= 4 is 0 Å². The molecule has 0 aliphatic carbocycles. The predicted molar refractivity (Wildman–Crippen MR) is 215 cm³/mol. The van der Waals surface area contributed by atoms with Gasteiger partial charge in [0.15, 0.2) is 0 Å². The van der Waals surface area contributed by atoms with Crippen LogP contribution in [0.5, 0.6) is 0 Å². The van der Waals surface area contributed by atoms with Gasteiger partial charge in [-0.3, -0.25) is 0 Å². The predicted octanol–water partition coefficient (Wildman–Crippen LogP) is 6.97. The summed E-state index contributed by atoms with van der Waals surface area (Å²) in [6.07, 6.45) is 6.22. The molecule has 0 aromatic heterocycles. The Labute approximate surface area is 331 Å². The van der Waals surface area contributed by atoms with Crippen molar-refractivity contribution in [1.29, 1.82) is 0 Å². The minimum absolute atomic E-state index is 0.105. The van der Waals surface area contributed by atoms with Gasteiger partial charge in [-0.2, -0.15) is 0 Å². The summed E-state index contributed by atoms with van der Waals surface area (Å²) in [5.74, 6) is 0. The van der Waals surface area contributed by atoms with Crippen LogP contribution in [0.3, 0.4) is 0 Å². The summed E-state index contributed by atoms with van der Waals surface area (Å²) in [5, 5.41) is 9.76. The van der Waals surface area contributed by atoms with E-state index in [2.05, 4.69) is 27.4 Å². The van der Waals surface area contributed by atoms with Gasteiger partial charge >= 0.3 is 0 Å². The van der Waals surface area contributed by atoms with E-state index in [-0.39, 0.29) is 63.6 Å². The molecule has 0 bridgehead atoms. The molecule has 5 atom stereocenters. The molecule has 0 aliphatic rings. The summed E-state index contributed by atoms with van der Waals surface area (Å²) in [6.45, 7) is 16.2. The zero-order valence-electron chi connectivity index (χ0n) is 34.0. The molecule has 0 spiro atoms. The fourth-order valence-corrected chi connectivity index (χ4v) is 5.10. The van der Waals surface area contributed by atoms with E-state index >= 15 is 0 Å². The van der Waals surface area contributed by atoms with Crippen molar-refractivity contribution in [3.05, 3.63) is 84.4 Å². The third-order valence-electron chi connectivity index (χ3n) is 8.38. The Kier molecular flexibility index (Phi) is 31.1. The lowest BCUT2D eigenvalue weighted by molar-refractivity contribution is -0.122. The first-order valence-electron chi connectivity index (χ1n) is 20.4. The largest absolute Gasteiger partial charge is 0.394 e. The lowest BCUT2D eigenvalue weighted by Gasteiger charge is -2.24. The van der Waals surface area contributed by atoms with Crippen LogP contribution in [0.1, 0.15) is 70.4 Å². The maximum atomic E-state index is 9.76. The van der Waals surface area contributed by atoms with Gasteiger partial charge < -0.3 is 52.5 Å². The molecular weight excluding hydrogens is 704 g/mol. The van der Waals surface area contributed by atoms with Gasteiger partial charge in [-0.25, -0.2) is 0 Å². The summed E-state index contributed by atoms with van der Waals surface area (Å²) >= 11 is 0. The number of ether oxygens (including phenoxy) is 10. The molecule has 0 amide bonds. The highest BCUT2D eigenvalue weighted by atomic mass is 16.6. The van der Waals surface area contributed by atoms with Crippen molar-refractivity contribution in [1.82, 2.24) is 0 Å². The molecule has 314 valence electrons. The van der Waals surface area contributed by atoms with Crippen molar-refractivity contribution in [3.8, 4) is 0 Å². The Bertz CT molecular complexity index is 1110. The third kappa shape index (κ3) is 26.3. The summed E-state index contributed by atoms with van der Waals surface area (Å²) in [5.41, 5.74) is 2.12. The van der Waals surface area contributed by atoms with Crippen molar-refractivity contribution in [2.24, 2.45) is 0 Å². The Morgan fingerprint density at radius 2 is 0.800 bits per heavy atom. The van der Waals surface area contributed by atoms with Gasteiger partial charge in [0.05, 0.1) is 85.9 Å². The van der Waals surface area contributed by atoms with Crippen LogP contribution in [-0.4, -0.2) is 128 Å². The lowest BCUT2D eigenvalue weighted by Crippen LogP contribution is -2.34. The molecule has 55 heavy (non-hydrogen) atoms. The maximum Gasteiger partial charge on any atom is 0.105 e. The zero-order chi connectivity index (χ0) is 39.4. The van der Waals surface area contributed by atoms with Gasteiger partial charge in [0.1, 0.15) is 30.5 Å². The summed E-state index contributed by atoms with van der Waals surface area (Å²) in [4.78, 5) is 0. The standard InChI is InChI=1S/C44H72O11/c1-5-9-23-51-40(26-45)29-47-34-43(54-27-38-18-14-12-15-19-38)36-50-37-44(55-28-39-20-16-13-17-21-39)35-49-33-42(53-25-11-7-3)32-48-31-41(30-46-22-8-4)52-24-10-6-2/h8,12-21,40-45H,4-7,9-11,22-37H2,1-3H3. The van der Waals surface area contributed by atoms with Crippen molar-refractivity contribution in [2.75, 3.05) is 92.5 Å². The van der Waals surface area contributed by atoms with Crippen LogP contribution in [0.25, 0.3) is 0 Å². The molecule has 0 saturated carbocycles. The lowest BCUT2D eigenvalue weighted by atomic mass is 10.2. The summed E-state index contributed by atoms with van der Waals surface area (Å²) < 4.78 is 60.7. The average molecular weight is 777 g/mol. The van der Waals surface area contributed by atoms with Gasteiger partial charge in [-0.15, -0.1) is 6.58 Å². The highest BCUT2D eigenvalue weighted by Crippen LogP contribution is 2.10. The number of unbranched alkanes of at least 4 members (excludes halogenated alkanes) is 3. The van der Waals surface area contributed by atoms with Crippen LogP contribution in [0.4, 0.5) is 0 Å². The molecule has 2 aromatic carbocycles. The molecule has 0 aliphatic heterocycles. The molecule has 11 heteroatoms. The van der Waals surface area contributed by atoms with E-state index < -0.39 is 0 Å². The van der Waals surface area contributed by atoms with Crippen molar-refractivity contribution in [3.63, 3.8) is 0 Å². The SMILES string of the molecule is C=CCOCC(COCC(COCC(COCC(COCC(CO)OCCCC)OCc1ccccc1)OCc1ccccc1)OCCCC)OCCCC.